The number of carbonyl (C=O) groups excluding carboxylic acids is 2. The Kier molecular flexibility index (Phi) is 8.07. The number of oxime groups is 1. The molecular weight excluding hydrogens is 476 g/mol. The van der Waals surface area contributed by atoms with Crippen molar-refractivity contribution in [2.24, 2.45) is 10.9 Å². The number of β-lactam (4-membered cyclic amide) rings is 1. The van der Waals surface area contributed by atoms with Crippen LogP contribution in [0.25, 0.3) is 0 Å². The molecule has 36 heavy (non-hydrogen) atoms. The molecule has 2 aromatic rings. The van der Waals surface area contributed by atoms with Gasteiger partial charge in [-0.05, 0) is 42.0 Å². The normalized spacial score (nSPS) is 17.0. The van der Waals surface area contributed by atoms with Crippen molar-refractivity contribution in [1.82, 2.24) is 10.2 Å². The molecule has 0 aliphatic carbocycles. The van der Waals surface area contributed by atoms with Crippen LogP contribution in [0.4, 0.5) is 0 Å². The monoisotopic (exact) mass is 500 g/mol. The van der Waals surface area contributed by atoms with Crippen LogP contribution in [0.15, 0.2) is 53.7 Å². The van der Waals surface area contributed by atoms with E-state index in [1.807, 2.05) is 0 Å². The number of nitrogens with one attached hydrogen (secondary N) is 1. The number of ether oxygens (including phenoxy) is 1. The predicted molar refractivity (Wildman–Crippen MR) is 123 cm³/mol. The van der Waals surface area contributed by atoms with Gasteiger partial charge in [0.05, 0.1) is 13.2 Å². The molecule has 1 heterocycles. The summed E-state index contributed by atoms with van der Waals surface area (Å²) in [7, 11) is 0. The van der Waals surface area contributed by atoms with Crippen molar-refractivity contribution in [3.05, 3.63) is 59.7 Å². The molecule has 1 aliphatic heterocycles. The maximum atomic E-state index is 12.6. The number of likely N-dealkylation sites (tertiary alicyclic amines) is 1. The van der Waals surface area contributed by atoms with Crippen LogP contribution in [-0.2, 0) is 19.2 Å². The fourth-order valence-corrected chi connectivity index (χ4v) is 3.50. The highest BCUT2D eigenvalue weighted by atomic mass is 16.5. The summed E-state index contributed by atoms with van der Waals surface area (Å²) in [6.45, 7) is -0.0393. The van der Waals surface area contributed by atoms with Crippen LogP contribution < -0.4 is 15.8 Å². The first-order chi connectivity index (χ1) is 17.1. The standard InChI is InChI=1S/C23H24N4O9/c24-16(22(31)32)9-10-36-15-7-3-12(4-8-15)18(26-35)20(29)25-17-11-27(21(17)30)19(23(33)34)13-1-5-14(28)6-2-13/h1-8,16-17,19,28,35H,9-11,24H2,(H,25,29)(H,31,32)(H,33,34)/b26-18-/t16-,17+,19+/m1/s1. The van der Waals surface area contributed by atoms with Gasteiger partial charge in [0.1, 0.15) is 23.6 Å². The molecule has 2 amide bonds. The van der Waals surface area contributed by atoms with E-state index in [1.54, 1.807) is 0 Å². The van der Waals surface area contributed by atoms with Gasteiger partial charge in [-0.2, -0.15) is 0 Å². The minimum Gasteiger partial charge on any atom is -0.508 e. The topological polar surface area (TPSA) is 212 Å². The molecule has 190 valence electrons. The van der Waals surface area contributed by atoms with Gasteiger partial charge in [-0.15, -0.1) is 0 Å². The van der Waals surface area contributed by atoms with Gasteiger partial charge in [0, 0.05) is 12.0 Å². The lowest BCUT2D eigenvalue weighted by atomic mass is 9.97. The van der Waals surface area contributed by atoms with Gasteiger partial charge in [0.15, 0.2) is 11.8 Å². The van der Waals surface area contributed by atoms with E-state index in [4.69, 9.17) is 15.6 Å². The van der Waals surface area contributed by atoms with Gasteiger partial charge in [0.25, 0.3) is 5.91 Å². The Labute approximate surface area is 204 Å². The Balaban J connectivity index is 1.59. The average molecular weight is 500 g/mol. The molecule has 0 saturated carbocycles. The lowest BCUT2D eigenvalue weighted by Crippen LogP contribution is -2.66. The third kappa shape index (κ3) is 5.88. The predicted octanol–water partition coefficient (Wildman–Crippen LogP) is -0.0958. The van der Waals surface area contributed by atoms with Crippen molar-refractivity contribution in [2.75, 3.05) is 13.2 Å². The third-order valence-electron chi connectivity index (χ3n) is 5.48. The minimum atomic E-state index is -1.30. The first-order valence-electron chi connectivity index (χ1n) is 10.7. The number of amides is 2. The van der Waals surface area contributed by atoms with Gasteiger partial charge in [-0.3, -0.25) is 14.4 Å². The Bertz CT molecular complexity index is 1170. The molecule has 3 rings (SSSR count). The quantitative estimate of drug-likeness (QED) is 0.104. The summed E-state index contributed by atoms with van der Waals surface area (Å²) < 4.78 is 5.40. The van der Waals surface area contributed by atoms with Crippen molar-refractivity contribution >= 4 is 29.5 Å². The van der Waals surface area contributed by atoms with E-state index in [1.165, 1.54) is 48.5 Å². The van der Waals surface area contributed by atoms with Crippen LogP contribution in [-0.4, -0.2) is 80.1 Å². The van der Waals surface area contributed by atoms with Crippen LogP contribution in [0.5, 0.6) is 11.5 Å². The second-order valence-corrected chi connectivity index (χ2v) is 7.90. The number of benzene rings is 2. The smallest absolute Gasteiger partial charge is 0.331 e. The molecule has 0 unspecified atom stereocenters. The highest BCUT2D eigenvalue weighted by molar-refractivity contribution is 6.45. The number of phenolic OH excluding ortho intramolecular Hbond substituents is 1. The zero-order valence-corrected chi connectivity index (χ0v) is 18.8. The number of nitrogens with two attached hydrogens (primary N) is 1. The van der Waals surface area contributed by atoms with Crippen LogP contribution >= 0.6 is 0 Å². The highest BCUT2D eigenvalue weighted by Gasteiger charge is 2.45. The molecule has 1 fully saturated rings. The van der Waals surface area contributed by atoms with Crippen molar-refractivity contribution in [3.63, 3.8) is 0 Å². The second kappa shape index (κ2) is 11.2. The first kappa shape index (κ1) is 26.0. The van der Waals surface area contributed by atoms with Gasteiger partial charge in [-0.1, -0.05) is 17.3 Å². The lowest BCUT2D eigenvalue weighted by molar-refractivity contribution is -0.160. The van der Waals surface area contributed by atoms with E-state index in [0.717, 1.165) is 4.90 Å². The second-order valence-electron chi connectivity index (χ2n) is 7.90. The van der Waals surface area contributed by atoms with Crippen molar-refractivity contribution in [3.8, 4) is 11.5 Å². The van der Waals surface area contributed by atoms with Gasteiger partial charge in [0.2, 0.25) is 5.91 Å². The van der Waals surface area contributed by atoms with E-state index in [0.29, 0.717) is 5.75 Å². The van der Waals surface area contributed by atoms with Gasteiger partial charge < -0.3 is 41.2 Å². The number of aliphatic carboxylic acids is 2. The highest BCUT2D eigenvalue weighted by Crippen LogP contribution is 2.28. The number of nitrogens with zero attached hydrogens (tertiary/aromatic N) is 2. The number of carboxylic acid groups (broad SMARTS) is 2. The van der Waals surface area contributed by atoms with E-state index in [2.05, 4.69) is 10.5 Å². The van der Waals surface area contributed by atoms with Crippen LogP contribution in [0.1, 0.15) is 23.6 Å². The lowest BCUT2D eigenvalue weighted by Gasteiger charge is -2.42. The van der Waals surface area contributed by atoms with Crippen LogP contribution in [0, 0.1) is 0 Å². The van der Waals surface area contributed by atoms with Gasteiger partial charge >= 0.3 is 11.9 Å². The molecule has 13 nitrogen and oxygen atoms in total. The Hall–Kier alpha value is -4.65. The fourth-order valence-electron chi connectivity index (χ4n) is 3.50. The van der Waals surface area contributed by atoms with Gasteiger partial charge in [-0.25, -0.2) is 4.79 Å². The third-order valence-corrected chi connectivity index (χ3v) is 5.48. The van der Waals surface area contributed by atoms with Crippen molar-refractivity contribution < 1.29 is 44.4 Å². The Morgan fingerprint density at radius 2 is 1.72 bits per heavy atom. The fraction of sp³-hybridized carbons (Fsp3) is 0.261. The summed E-state index contributed by atoms with van der Waals surface area (Å²) in [5.41, 5.74) is 5.51. The molecule has 0 bridgehead atoms. The zero-order chi connectivity index (χ0) is 26.4. The number of aromatic hydroxyl groups is 1. The molecule has 2 aromatic carbocycles. The molecule has 0 radical (unpaired) electrons. The van der Waals surface area contributed by atoms with Crippen LogP contribution in [0.3, 0.4) is 0 Å². The SMILES string of the molecule is N[C@H](CCOc1ccc(/C(=N/O)C(=O)N[C@H]2CN([C@H](C(=O)O)c3ccc(O)cc3)C2=O)cc1)C(=O)O. The maximum absolute atomic E-state index is 12.6. The molecular formula is C23H24N4O9. The van der Waals surface area contributed by atoms with E-state index in [9.17, 15) is 34.6 Å². The number of carboxylic acids is 2. The number of hydrogen-bond donors (Lipinski definition) is 6. The Morgan fingerprint density at radius 3 is 2.25 bits per heavy atom. The summed E-state index contributed by atoms with van der Waals surface area (Å²) >= 11 is 0. The summed E-state index contributed by atoms with van der Waals surface area (Å²) in [4.78, 5) is 48.8. The largest absolute Gasteiger partial charge is 0.508 e. The van der Waals surface area contributed by atoms with Crippen molar-refractivity contribution in [1.29, 1.82) is 0 Å². The number of rotatable bonds is 11. The molecule has 0 aromatic heterocycles. The molecule has 1 saturated heterocycles. The van der Waals surface area contributed by atoms with E-state index in [-0.39, 0.29) is 42.2 Å². The zero-order valence-electron chi connectivity index (χ0n) is 18.8. The minimum absolute atomic E-state index is 0.0516. The Morgan fingerprint density at radius 1 is 1.08 bits per heavy atom. The van der Waals surface area contributed by atoms with E-state index < -0.39 is 41.9 Å². The first-order valence-corrected chi connectivity index (χ1v) is 10.7. The molecule has 13 heteroatoms. The molecule has 1 aliphatic rings. The summed E-state index contributed by atoms with van der Waals surface area (Å²) in [6.07, 6.45) is 0.0880. The average Bonchev–Trinajstić information content (AvgIpc) is 2.85. The summed E-state index contributed by atoms with van der Waals surface area (Å²) in [5.74, 6) is -3.59. The molecule has 0 spiro atoms. The van der Waals surface area contributed by atoms with Crippen molar-refractivity contribution in [2.45, 2.75) is 24.5 Å². The molecule has 3 atom stereocenters. The molecule has 7 N–H and O–H groups in total. The number of phenols is 1. The van der Waals surface area contributed by atoms with E-state index >= 15 is 0 Å². The van der Waals surface area contributed by atoms with Crippen LogP contribution in [0.2, 0.25) is 0 Å². The summed E-state index contributed by atoms with van der Waals surface area (Å²) in [5, 5.41) is 42.5. The number of carbonyl (C=O) groups is 4. The number of hydrogen-bond acceptors (Lipinski definition) is 9. The summed E-state index contributed by atoms with van der Waals surface area (Å²) in [6, 6.07) is 7.83. The maximum Gasteiger partial charge on any atom is 0.331 e.